The van der Waals surface area contributed by atoms with E-state index in [9.17, 15) is 19.2 Å². The topological polar surface area (TPSA) is 84.0 Å². The fourth-order valence-corrected chi connectivity index (χ4v) is 3.81. The van der Waals surface area contributed by atoms with Crippen molar-refractivity contribution in [3.05, 3.63) is 34.9 Å². The summed E-state index contributed by atoms with van der Waals surface area (Å²) in [5, 5.41) is 0. The van der Waals surface area contributed by atoms with Gasteiger partial charge in [-0.2, -0.15) is 0 Å². The predicted molar refractivity (Wildman–Crippen MR) is 102 cm³/mol. The molecule has 0 aliphatic carbocycles. The van der Waals surface area contributed by atoms with Crippen LogP contribution in [-0.2, 0) is 14.3 Å². The van der Waals surface area contributed by atoms with Crippen molar-refractivity contribution >= 4 is 23.7 Å². The minimum absolute atomic E-state index is 0.0542. The van der Waals surface area contributed by atoms with E-state index in [1.165, 1.54) is 4.90 Å². The molecule has 1 unspecified atom stereocenters. The van der Waals surface area contributed by atoms with Crippen LogP contribution in [0.3, 0.4) is 0 Å². The van der Waals surface area contributed by atoms with Crippen molar-refractivity contribution in [2.45, 2.75) is 39.5 Å². The molecule has 1 aromatic carbocycles. The molecule has 28 heavy (non-hydrogen) atoms. The Labute approximate surface area is 164 Å². The van der Waals surface area contributed by atoms with Gasteiger partial charge in [0.15, 0.2) is 0 Å². The molecule has 7 heteroatoms. The van der Waals surface area contributed by atoms with Gasteiger partial charge in [-0.15, -0.1) is 0 Å². The number of rotatable bonds is 6. The zero-order chi connectivity index (χ0) is 20.3. The first-order chi connectivity index (χ1) is 13.4. The third-order valence-corrected chi connectivity index (χ3v) is 5.29. The lowest BCUT2D eigenvalue weighted by atomic mass is 9.98. The molecule has 0 radical (unpaired) electrons. The van der Waals surface area contributed by atoms with Crippen molar-refractivity contribution < 1.29 is 23.9 Å². The Hall–Kier alpha value is -2.70. The Kier molecular flexibility index (Phi) is 6.11. The van der Waals surface area contributed by atoms with E-state index in [0.29, 0.717) is 37.2 Å². The predicted octanol–water partition coefficient (Wildman–Crippen LogP) is 2.17. The fourth-order valence-electron chi connectivity index (χ4n) is 3.81. The molecule has 0 aromatic heterocycles. The maximum atomic E-state index is 12.5. The molecular weight excluding hydrogens is 360 g/mol. The van der Waals surface area contributed by atoms with E-state index >= 15 is 0 Å². The summed E-state index contributed by atoms with van der Waals surface area (Å²) in [6.07, 6.45) is 2.15. The molecule has 1 saturated heterocycles. The number of nitrogens with zero attached hydrogens (tertiary/aromatic N) is 2. The summed E-state index contributed by atoms with van der Waals surface area (Å²) >= 11 is 0. The van der Waals surface area contributed by atoms with Crippen LogP contribution in [0.4, 0.5) is 0 Å². The number of fused-ring (bicyclic) bond motifs is 1. The first-order valence-electron chi connectivity index (χ1n) is 9.83. The Morgan fingerprint density at radius 1 is 1.18 bits per heavy atom. The Bertz CT molecular complexity index is 804. The molecule has 3 amide bonds. The number of benzene rings is 1. The van der Waals surface area contributed by atoms with Crippen molar-refractivity contribution in [2.24, 2.45) is 5.92 Å². The largest absolute Gasteiger partial charge is 0.466 e. The van der Waals surface area contributed by atoms with E-state index in [4.69, 9.17) is 4.74 Å². The molecule has 0 saturated carbocycles. The lowest BCUT2D eigenvalue weighted by Gasteiger charge is -2.31. The second-order valence-corrected chi connectivity index (χ2v) is 7.35. The van der Waals surface area contributed by atoms with Crippen LogP contribution >= 0.6 is 0 Å². The van der Waals surface area contributed by atoms with Gasteiger partial charge in [0.05, 0.1) is 23.7 Å². The molecule has 1 atom stereocenters. The van der Waals surface area contributed by atoms with Crippen LogP contribution in [0.1, 0.15) is 58.9 Å². The number of imide groups is 1. The highest BCUT2D eigenvalue weighted by Crippen LogP contribution is 2.24. The van der Waals surface area contributed by atoms with Crippen molar-refractivity contribution in [1.29, 1.82) is 0 Å². The molecule has 1 aromatic rings. The van der Waals surface area contributed by atoms with Crippen molar-refractivity contribution in [2.75, 3.05) is 26.2 Å². The van der Waals surface area contributed by atoms with E-state index in [2.05, 4.69) is 0 Å². The minimum Gasteiger partial charge on any atom is -0.466 e. The van der Waals surface area contributed by atoms with E-state index < -0.39 is 0 Å². The molecule has 0 N–H and O–H groups in total. The smallest absolute Gasteiger partial charge is 0.310 e. The number of carbonyl (C=O) groups is 4. The van der Waals surface area contributed by atoms with Crippen LogP contribution in [-0.4, -0.2) is 59.7 Å². The van der Waals surface area contributed by atoms with Gasteiger partial charge in [-0.3, -0.25) is 24.1 Å². The summed E-state index contributed by atoms with van der Waals surface area (Å²) in [7, 11) is 0. The number of hydrogen-bond acceptors (Lipinski definition) is 5. The van der Waals surface area contributed by atoms with Gasteiger partial charge in [-0.1, -0.05) is 11.6 Å². The first kappa shape index (κ1) is 20.0. The van der Waals surface area contributed by atoms with Gasteiger partial charge in [0, 0.05) is 26.1 Å². The number of aryl methyl sites for hydroxylation is 1. The number of esters is 1. The number of likely N-dealkylation sites (tertiary alicyclic amines) is 1. The van der Waals surface area contributed by atoms with Gasteiger partial charge in [-0.25, -0.2) is 0 Å². The molecule has 3 rings (SSSR count). The number of ether oxygens (including phenoxy) is 1. The van der Waals surface area contributed by atoms with Crippen LogP contribution in [0.5, 0.6) is 0 Å². The average Bonchev–Trinajstić information content (AvgIpc) is 2.92. The average molecular weight is 386 g/mol. The van der Waals surface area contributed by atoms with Crippen LogP contribution in [0.25, 0.3) is 0 Å². The summed E-state index contributed by atoms with van der Waals surface area (Å²) in [6, 6.07) is 5.22. The van der Waals surface area contributed by atoms with Crippen LogP contribution < -0.4 is 0 Å². The Morgan fingerprint density at radius 2 is 1.93 bits per heavy atom. The highest BCUT2D eigenvalue weighted by molar-refractivity contribution is 6.21. The third-order valence-electron chi connectivity index (χ3n) is 5.29. The van der Waals surface area contributed by atoms with Crippen molar-refractivity contribution in [3.8, 4) is 0 Å². The van der Waals surface area contributed by atoms with Crippen LogP contribution in [0, 0.1) is 12.8 Å². The zero-order valence-corrected chi connectivity index (χ0v) is 16.4. The monoisotopic (exact) mass is 386 g/mol. The maximum absolute atomic E-state index is 12.5. The number of piperidine rings is 1. The Morgan fingerprint density at radius 3 is 2.68 bits per heavy atom. The third kappa shape index (κ3) is 4.08. The molecule has 0 spiro atoms. The van der Waals surface area contributed by atoms with Crippen molar-refractivity contribution in [1.82, 2.24) is 9.80 Å². The van der Waals surface area contributed by atoms with E-state index in [1.807, 2.05) is 13.0 Å². The summed E-state index contributed by atoms with van der Waals surface area (Å²) < 4.78 is 5.06. The lowest BCUT2D eigenvalue weighted by molar-refractivity contribution is -0.151. The normalized spacial score (nSPS) is 19.0. The zero-order valence-electron chi connectivity index (χ0n) is 16.4. The van der Waals surface area contributed by atoms with Gasteiger partial charge in [0.1, 0.15) is 0 Å². The van der Waals surface area contributed by atoms with Gasteiger partial charge in [0.25, 0.3) is 11.8 Å². The molecular formula is C21H26N2O5. The van der Waals surface area contributed by atoms with Crippen molar-refractivity contribution in [3.63, 3.8) is 0 Å². The van der Waals surface area contributed by atoms with E-state index in [0.717, 1.165) is 18.4 Å². The Balaban J connectivity index is 1.51. The molecule has 7 nitrogen and oxygen atoms in total. The SMILES string of the molecule is CCOC(=O)C1CCCN(C(=O)CCCN2C(=O)c3ccc(C)cc3C2=O)C1. The lowest BCUT2D eigenvalue weighted by Crippen LogP contribution is -2.43. The molecule has 0 bridgehead atoms. The molecule has 150 valence electrons. The van der Waals surface area contributed by atoms with Crippen LogP contribution in [0.2, 0.25) is 0 Å². The molecule has 2 aliphatic heterocycles. The van der Waals surface area contributed by atoms with Gasteiger partial charge in [-0.05, 0) is 45.2 Å². The molecule has 2 heterocycles. The molecule has 1 fully saturated rings. The summed E-state index contributed by atoms with van der Waals surface area (Å²) in [6.45, 7) is 5.20. The highest BCUT2D eigenvalue weighted by atomic mass is 16.5. The summed E-state index contributed by atoms with van der Waals surface area (Å²) in [5.41, 5.74) is 1.79. The number of amides is 3. The summed E-state index contributed by atoms with van der Waals surface area (Å²) in [5.74, 6) is -1.16. The number of hydrogen-bond donors (Lipinski definition) is 0. The highest BCUT2D eigenvalue weighted by Gasteiger charge is 2.35. The maximum Gasteiger partial charge on any atom is 0.310 e. The van der Waals surface area contributed by atoms with Gasteiger partial charge in [0.2, 0.25) is 5.91 Å². The summed E-state index contributed by atoms with van der Waals surface area (Å²) in [4.78, 5) is 52.2. The van der Waals surface area contributed by atoms with E-state index in [-0.39, 0.29) is 42.6 Å². The fraction of sp³-hybridized carbons (Fsp3) is 0.524. The van der Waals surface area contributed by atoms with Gasteiger partial charge >= 0.3 is 5.97 Å². The van der Waals surface area contributed by atoms with Gasteiger partial charge < -0.3 is 9.64 Å². The van der Waals surface area contributed by atoms with Crippen LogP contribution in [0.15, 0.2) is 18.2 Å². The first-order valence-corrected chi connectivity index (χ1v) is 9.83. The quantitative estimate of drug-likeness (QED) is 0.553. The number of carbonyl (C=O) groups excluding carboxylic acids is 4. The standard InChI is InChI=1S/C21H26N2O5/c1-3-28-21(27)15-6-4-10-22(13-15)18(24)7-5-11-23-19(25)16-9-8-14(2)12-17(16)20(23)26/h8-9,12,15H,3-7,10-11,13H2,1-2H3. The molecule has 2 aliphatic rings. The minimum atomic E-state index is -0.298. The second kappa shape index (κ2) is 8.54. The second-order valence-electron chi connectivity index (χ2n) is 7.35. The van der Waals surface area contributed by atoms with E-state index in [1.54, 1.807) is 24.0 Å².